The fraction of sp³-hybridized carbons (Fsp3) is 0.400. The van der Waals surface area contributed by atoms with Crippen molar-refractivity contribution in [1.29, 1.82) is 0 Å². The van der Waals surface area contributed by atoms with Crippen molar-refractivity contribution in [2.45, 2.75) is 37.2 Å². The summed E-state index contributed by atoms with van der Waals surface area (Å²) in [5, 5.41) is 13.1. The summed E-state index contributed by atoms with van der Waals surface area (Å²) in [6.45, 7) is 1.78. The van der Waals surface area contributed by atoms with Crippen LogP contribution in [0.15, 0.2) is 46.0 Å². The molecule has 1 aromatic carbocycles. The molecule has 1 atom stereocenters. The number of tetrazole rings is 1. The van der Waals surface area contributed by atoms with Gasteiger partial charge in [-0.05, 0) is 59.7 Å². The highest BCUT2D eigenvalue weighted by Crippen LogP contribution is 2.25. The van der Waals surface area contributed by atoms with Crippen molar-refractivity contribution in [3.8, 4) is 11.3 Å². The van der Waals surface area contributed by atoms with Crippen LogP contribution in [0.1, 0.15) is 18.6 Å². The van der Waals surface area contributed by atoms with E-state index >= 15 is 0 Å². The summed E-state index contributed by atoms with van der Waals surface area (Å²) in [4.78, 5) is 14.2. The molecule has 3 aromatic rings. The molecule has 30 heavy (non-hydrogen) atoms. The third kappa shape index (κ3) is 5.21. The Bertz CT molecular complexity index is 985. The predicted molar refractivity (Wildman–Crippen MR) is 113 cm³/mol. The van der Waals surface area contributed by atoms with Crippen molar-refractivity contribution in [3.05, 3.63) is 47.2 Å². The second-order valence-corrected chi connectivity index (χ2v) is 8.47. The average Bonchev–Trinajstić information content (AvgIpc) is 3.50. The summed E-state index contributed by atoms with van der Waals surface area (Å²) >= 11 is 7.25. The lowest BCUT2D eigenvalue weighted by Crippen LogP contribution is -2.27. The topological polar surface area (TPSA) is 86.3 Å². The van der Waals surface area contributed by atoms with Gasteiger partial charge in [-0.3, -0.25) is 4.79 Å². The number of halogens is 1. The van der Waals surface area contributed by atoms with Gasteiger partial charge in [-0.15, -0.1) is 5.10 Å². The van der Waals surface area contributed by atoms with Crippen molar-refractivity contribution in [2.24, 2.45) is 0 Å². The van der Waals surface area contributed by atoms with Gasteiger partial charge in [0.25, 0.3) is 0 Å². The van der Waals surface area contributed by atoms with Crippen molar-refractivity contribution in [2.75, 3.05) is 19.4 Å². The molecule has 1 amide bonds. The van der Waals surface area contributed by atoms with Gasteiger partial charge >= 0.3 is 0 Å². The van der Waals surface area contributed by atoms with Crippen molar-refractivity contribution in [1.82, 2.24) is 25.1 Å². The molecule has 0 unspecified atom stereocenters. The van der Waals surface area contributed by atoms with E-state index in [1.807, 2.05) is 36.4 Å². The van der Waals surface area contributed by atoms with Crippen LogP contribution in [0, 0.1) is 0 Å². The molecule has 8 nitrogen and oxygen atoms in total. The third-order valence-electron chi connectivity index (χ3n) is 4.83. The van der Waals surface area contributed by atoms with Crippen LogP contribution in [0.3, 0.4) is 0 Å². The number of rotatable bonds is 8. The minimum Gasteiger partial charge on any atom is -0.459 e. The molecule has 0 aliphatic carbocycles. The first kappa shape index (κ1) is 20.9. The number of thioether (sulfide) groups is 1. The summed E-state index contributed by atoms with van der Waals surface area (Å²) < 4.78 is 13.2. The van der Waals surface area contributed by atoms with Gasteiger partial charge in [0, 0.05) is 24.2 Å². The number of hydrogen-bond acceptors (Lipinski definition) is 7. The Morgan fingerprint density at radius 2 is 2.13 bits per heavy atom. The molecular weight excluding hydrogens is 426 g/mol. The number of carbonyl (C=O) groups is 1. The van der Waals surface area contributed by atoms with Crippen LogP contribution in [-0.2, 0) is 22.6 Å². The fourth-order valence-electron chi connectivity index (χ4n) is 3.19. The lowest BCUT2D eigenvalue weighted by atomic mass is 10.2. The third-order valence-corrected chi connectivity index (χ3v) is 6.03. The summed E-state index contributed by atoms with van der Waals surface area (Å²) in [5.41, 5.74) is 0.938. The molecule has 2 aromatic heterocycles. The monoisotopic (exact) mass is 447 g/mol. The van der Waals surface area contributed by atoms with E-state index in [2.05, 4.69) is 15.5 Å². The molecule has 10 heteroatoms. The summed E-state index contributed by atoms with van der Waals surface area (Å²) in [6.07, 6.45) is 2.21. The van der Waals surface area contributed by atoms with E-state index in [9.17, 15) is 4.79 Å². The van der Waals surface area contributed by atoms with E-state index < -0.39 is 0 Å². The van der Waals surface area contributed by atoms with Gasteiger partial charge in [-0.2, -0.15) is 0 Å². The van der Waals surface area contributed by atoms with Gasteiger partial charge in [-0.25, -0.2) is 4.68 Å². The number of benzene rings is 1. The van der Waals surface area contributed by atoms with Crippen LogP contribution >= 0.6 is 23.4 Å². The molecule has 1 aliphatic heterocycles. The zero-order chi connectivity index (χ0) is 20.9. The van der Waals surface area contributed by atoms with Crippen LogP contribution in [-0.4, -0.2) is 56.5 Å². The quantitative estimate of drug-likeness (QED) is 0.488. The van der Waals surface area contributed by atoms with Gasteiger partial charge in [0.2, 0.25) is 11.1 Å². The van der Waals surface area contributed by atoms with Crippen LogP contribution in [0.2, 0.25) is 5.02 Å². The van der Waals surface area contributed by atoms with Crippen LogP contribution in [0.25, 0.3) is 11.3 Å². The lowest BCUT2D eigenvalue weighted by Gasteiger charge is -2.15. The van der Waals surface area contributed by atoms with Crippen LogP contribution in [0.5, 0.6) is 0 Å². The highest BCUT2D eigenvalue weighted by Gasteiger charge is 2.20. The first-order valence-electron chi connectivity index (χ1n) is 9.67. The Balaban J connectivity index is 1.29. The molecule has 1 aliphatic rings. The first-order chi connectivity index (χ1) is 14.6. The number of furan rings is 1. The minimum atomic E-state index is -0.0314. The second-order valence-electron chi connectivity index (χ2n) is 7.09. The van der Waals surface area contributed by atoms with Gasteiger partial charge in [-0.1, -0.05) is 23.4 Å². The smallest absolute Gasteiger partial charge is 0.233 e. The Morgan fingerprint density at radius 3 is 2.90 bits per heavy atom. The molecule has 0 saturated carbocycles. The molecule has 1 saturated heterocycles. The number of hydrogen-bond donors (Lipinski definition) is 0. The maximum atomic E-state index is 12.6. The lowest BCUT2D eigenvalue weighted by molar-refractivity contribution is -0.127. The summed E-state index contributed by atoms with van der Waals surface area (Å²) in [5.74, 6) is 1.66. The maximum absolute atomic E-state index is 12.6. The largest absolute Gasteiger partial charge is 0.459 e. The number of carbonyl (C=O) groups excluding carboxylic acids is 1. The molecule has 3 heterocycles. The Labute approximate surface area is 183 Å². The van der Waals surface area contributed by atoms with Crippen molar-refractivity contribution >= 4 is 29.3 Å². The molecule has 0 spiro atoms. The highest BCUT2D eigenvalue weighted by atomic mass is 35.5. The van der Waals surface area contributed by atoms with Gasteiger partial charge in [0.15, 0.2) is 0 Å². The molecular formula is C20H22ClN5O3S. The number of nitrogens with zero attached hydrogens (tertiary/aromatic N) is 5. The molecule has 0 N–H and O–H groups in total. The Hall–Kier alpha value is -2.36. The molecule has 4 rings (SSSR count). The first-order valence-corrected chi connectivity index (χ1v) is 11.0. The highest BCUT2D eigenvalue weighted by molar-refractivity contribution is 7.99. The maximum Gasteiger partial charge on any atom is 0.233 e. The fourth-order valence-corrected chi connectivity index (χ4v) is 4.14. The molecule has 158 valence electrons. The van der Waals surface area contributed by atoms with Crippen molar-refractivity contribution < 1.29 is 13.9 Å². The zero-order valence-corrected chi connectivity index (χ0v) is 18.1. The normalized spacial score (nSPS) is 16.1. The molecule has 0 radical (unpaired) electrons. The predicted octanol–water partition coefficient (Wildman–Crippen LogP) is 3.52. The Kier molecular flexibility index (Phi) is 6.71. The van der Waals surface area contributed by atoms with E-state index in [1.165, 1.54) is 11.8 Å². The van der Waals surface area contributed by atoms with E-state index in [0.29, 0.717) is 29.0 Å². The number of amides is 1. The van der Waals surface area contributed by atoms with E-state index in [4.69, 9.17) is 20.8 Å². The van der Waals surface area contributed by atoms with Crippen LogP contribution < -0.4 is 0 Å². The molecule has 1 fully saturated rings. The average molecular weight is 448 g/mol. The zero-order valence-electron chi connectivity index (χ0n) is 16.5. The van der Waals surface area contributed by atoms with Gasteiger partial charge in [0.1, 0.15) is 11.5 Å². The Morgan fingerprint density at radius 1 is 1.30 bits per heavy atom. The number of ether oxygens (including phenoxy) is 1. The summed E-state index contributed by atoms with van der Waals surface area (Å²) in [6, 6.07) is 11.2. The standard InChI is InChI=1S/C20H22ClN5O3S/c1-25(11-17-8-9-18(29-17)14-4-6-15(21)7-5-14)19(27)13-30-20-22-23-24-26(20)12-16-3-2-10-28-16/h4-9,16H,2-3,10-13H2,1H3/t16-/m0/s1. The SMILES string of the molecule is CN(Cc1ccc(-c2ccc(Cl)cc2)o1)C(=O)CSc1nnnn1C[C@@H]1CCCO1. The van der Waals surface area contributed by atoms with Crippen LogP contribution in [0.4, 0.5) is 0 Å². The number of aromatic nitrogens is 4. The van der Waals surface area contributed by atoms with Crippen molar-refractivity contribution in [3.63, 3.8) is 0 Å². The van der Waals surface area contributed by atoms with E-state index in [1.54, 1.807) is 16.6 Å². The minimum absolute atomic E-state index is 0.0314. The summed E-state index contributed by atoms with van der Waals surface area (Å²) in [7, 11) is 1.75. The van der Waals surface area contributed by atoms with Gasteiger partial charge < -0.3 is 14.1 Å². The van der Waals surface area contributed by atoms with Gasteiger partial charge in [0.05, 0.1) is 24.9 Å². The molecule has 0 bridgehead atoms. The second kappa shape index (κ2) is 9.63. The van der Waals surface area contributed by atoms with E-state index in [-0.39, 0.29) is 17.8 Å². The van der Waals surface area contributed by atoms with E-state index in [0.717, 1.165) is 30.8 Å².